The largest absolute Gasteiger partial charge is 0.313 e. The second-order valence-corrected chi connectivity index (χ2v) is 5.50. The van der Waals surface area contributed by atoms with Gasteiger partial charge >= 0.3 is 0 Å². The molecule has 0 saturated carbocycles. The number of benzene rings is 2. The lowest BCUT2D eigenvalue weighted by atomic mass is 10.1. The summed E-state index contributed by atoms with van der Waals surface area (Å²) in [6.07, 6.45) is 8.90. The van der Waals surface area contributed by atoms with Crippen LogP contribution in [0.3, 0.4) is 0 Å². The van der Waals surface area contributed by atoms with E-state index < -0.39 is 0 Å². The van der Waals surface area contributed by atoms with Gasteiger partial charge in [-0.15, -0.1) is 0 Å². The van der Waals surface area contributed by atoms with Crippen molar-refractivity contribution in [2.24, 2.45) is 0 Å². The number of aryl methyl sites for hydroxylation is 1. The van der Waals surface area contributed by atoms with E-state index in [-0.39, 0.29) is 0 Å². The molecule has 1 aromatic heterocycles. The molecule has 1 aliphatic rings. The van der Waals surface area contributed by atoms with Crippen molar-refractivity contribution in [2.45, 2.75) is 19.8 Å². The van der Waals surface area contributed by atoms with Gasteiger partial charge in [-0.3, -0.25) is 0 Å². The van der Waals surface area contributed by atoms with E-state index in [1.165, 1.54) is 33.1 Å². The van der Waals surface area contributed by atoms with Crippen molar-refractivity contribution in [3.05, 3.63) is 66.3 Å². The monoisotopic (exact) mass is 259 g/mol. The second-order valence-electron chi connectivity index (χ2n) is 5.50. The van der Waals surface area contributed by atoms with Crippen LogP contribution >= 0.6 is 0 Å². The SMILES string of the molecule is Cc1ccc2c(c1)c1ccccc1n2C1=CC=CCC1. The van der Waals surface area contributed by atoms with Crippen molar-refractivity contribution < 1.29 is 0 Å². The first-order valence-electron chi connectivity index (χ1n) is 7.20. The van der Waals surface area contributed by atoms with Gasteiger partial charge in [-0.2, -0.15) is 0 Å². The van der Waals surface area contributed by atoms with Gasteiger partial charge in [0.25, 0.3) is 0 Å². The van der Waals surface area contributed by atoms with Crippen molar-refractivity contribution in [3.63, 3.8) is 0 Å². The van der Waals surface area contributed by atoms with Crippen LogP contribution in [0, 0.1) is 6.92 Å². The summed E-state index contributed by atoms with van der Waals surface area (Å²) in [5.41, 5.74) is 5.34. The Labute approximate surface area is 118 Å². The maximum Gasteiger partial charge on any atom is 0.0538 e. The summed E-state index contributed by atoms with van der Waals surface area (Å²) in [5, 5.41) is 2.71. The molecule has 0 atom stereocenters. The summed E-state index contributed by atoms with van der Waals surface area (Å²) in [7, 11) is 0. The van der Waals surface area contributed by atoms with Crippen molar-refractivity contribution in [1.29, 1.82) is 0 Å². The average molecular weight is 259 g/mol. The molecule has 20 heavy (non-hydrogen) atoms. The highest BCUT2D eigenvalue weighted by Crippen LogP contribution is 2.34. The van der Waals surface area contributed by atoms with E-state index in [2.05, 4.69) is 72.2 Å². The van der Waals surface area contributed by atoms with E-state index >= 15 is 0 Å². The van der Waals surface area contributed by atoms with Gasteiger partial charge in [0.1, 0.15) is 0 Å². The van der Waals surface area contributed by atoms with E-state index in [1.54, 1.807) is 0 Å². The molecular formula is C19H17N. The topological polar surface area (TPSA) is 4.93 Å². The first-order chi connectivity index (χ1) is 9.84. The summed E-state index contributed by atoms with van der Waals surface area (Å²) in [6.45, 7) is 2.16. The maximum absolute atomic E-state index is 2.42. The second kappa shape index (κ2) is 4.38. The minimum atomic E-state index is 1.11. The van der Waals surface area contributed by atoms with Gasteiger partial charge in [0, 0.05) is 16.5 Å². The van der Waals surface area contributed by atoms with Crippen LogP contribution in [-0.2, 0) is 0 Å². The molecule has 98 valence electrons. The third kappa shape index (κ3) is 1.63. The zero-order valence-corrected chi connectivity index (χ0v) is 11.6. The fourth-order valence-electron chi connectivity index (χ4n) is 3.17. The van der Waals surface area contributed by atoms with Crippen LogP contribution in [0.5, 0.6) is 0 Å². The molecule has 0 fully saturated rings. The smallest absolute Gasteiger partial charge is 0.0538 e. The number of aromatic nitrogens is 1. The predicted octanol–water partition coefficient (Wildman–Crippen LogP) is 5.29. The third-order valence-corrected chi connectivity index (χ3v) is 4.11. The van der Waals surface area contributed by atoms with E-state index in [0.717, 1.165) is 12.8 Å². The van der Waals surface area contributed by atoms with Crippen LogP contribution < -0.4 is 0 Å². The summed E-state index contributed by atoms with van der Waals surface area (Å²) in [6, 6.07) is 15.5. The highest BCUT2D eigenvalue weighted by molar-refractivity contribution is 6.10. The van der Waals surface area contributed by atoms with Crippen molar-refractivity contribution >= 4 is 27.5 Å². The van der Waals surface area contributed by atoms with E-state index in [0.29, 0.717) is 0 Å². The number of para-hydroxylation sites is 1. The Balaban J connectivity index is 2.16. The highest BCUT2D eigenvalue weighted by atomic mass is 15.0. The van der Waals surface area contributed by atoms with Gasteiger partial charge in [-0.25, -0.2) is 0 Å². The fourth-order valence-corrected chi connectivity index (χ4v) is 3.17. The number of allylic oxidation sites excluding steroid dienone is 4. The Hall–Kier alpha value is -2.28. The standard InChI is InChI=1S/C19H17N/c1-14-11-12-19-17(13-14)16-9-5-6-10-18(16)20(19)15-7-3-2-4-8-15/h2-3,5-7,9-13H,4,8H2,1H3. The van der Waals surface area contributed by atoms with Crippen LogP contribution in [0.15, 0.2) is 60.7 Å². The molecule has 0 aliphatic heterocycles. The molecular weight excluding hydrogens is 242 g/mol. The van der Waals surface area contributed by atoms with Gasteiger partial charge in [-0.1, -0.05) is 42.0 Å². The van der Waals surface area contributed by atoms with Crippen LogP contribution in [0.1, 0.15) is 18.4 Å². The van der Waals surface area contributed by atoms with Crippen LogP contribution in [0.25, 0.3) is 27.5 Å². The Kier molecular flexibility index (Phi) is 2.53. The quantitative estimate of drug-likeness (QED) is 0.559. The molecule has 1 heteroatoms. The van der Waals surface area contributed by atoms with Gasteiger partial charge in [0.15, 0.2) is 0 Å². The molecule has 0 radical (unpaired) electrons. The highest BCUT2D eigenvalue weighted by Gasteiger charge is 2.13. The molecule has 3 aromatic rings. The maximum atomic E-state index is 2.42. The average Bonchev–Trinajstić information content (AvgIpc) is 2.82. The first-order valence-corrected chi connectivity index (χ1v) is 7.20. The number of rotatable bonds is 1. The van der Waals surface area contributed by atoms with Crippen molar-refractivity contribution in [1.82, 2.24) is 4.57 Å². The number of hydrogen-bond acceptors (Lipinski definition) is 0. The summed E-state index contributed by atoms with van der Waals surface area (Å²) in [5.74, 6) is 0. The van der Waals surface area contributed by atoms with Crippen LogP contribution in [0.4, 0.5) is 0 Å². The van der Waals surface area contributed by atoms with Gasteiger partial charge < -0.3 is 4.57 Å². The van der Waals surface area contributed by atoms with E-state index in [4.69, 9.17) is 0 Å². The summed E-state index contributed by atoms with van der Waals surface area (Å²) >= 11 is 0. The Morgan fingerprint density at radius 3 is 2.65 bits per heavy atom. The predicted molar refractivity (Wildman–Crippen MR) is 86.8 cm³/mol. The minimum absolute atomic E-state index is 1.11. The molecule has 0 spiro atoms. The Bertz CT molecular complexity index is 862. The van der Waals surface area contributed by atoms with Crippen LogP contribution in [-0.4, -0.2) is 4.57 Å². The van der Waals surface area contributed by atoms with Gasteiger partial charge in [-0.05, 0) is 44.0 Å². The summed E-state index contributed by atoms with van der Waals surface area (Å²) < 4.78 is 2.42. The molecule has 4 rings (SSSR count). The fraction of sp³-hybridized carbons (Fsp3) is 0.158. The molecule has 0 saturated heterocycles. The van der Waals surface area contributed by atoms with Gasteiger partial charge in [0.05, 0.1) is 11.0 Å². The number of nitrogens with zero attached hydrogens (tertiary/aromatic N) is 1. The van der Waals surface area contributed by atoms with Crippen LogP contribution in [0.2, 0.25) is 0 Å². The molecule has 1 nitrogen and oxygen atoms in total. The normalized spacial score (nSPS) is 14.9. The van der Waals surface area contributed by atoms with Crippen molar-refractivity contribution in [3.8, 4) is 0 Å². The molecule has 0 bridgehead atoms. The Morgan fingerprint density at radius 2 is 1.80 bits per heavy atom. The van der Waals surface area contributed by atoms with Crippen molar-refractivity contribution in [2.75, 3.05) is 0 Å². The Morgan fingerprint density at radius 1 is 0.950 bits per heavy atom. The zero-order chi connectivity index (χ0) is 13.5. The summed E-state index contributed by atoms with van der Waals surface area (Å²) in [4.78, 5) is 0. The lowest BCUT2D eigenvalue weighted by molar-refractivity contribution is 0.979. The van der Waals surface area contributed by atoms with E-state index in [1.807, 2.05) is 0 Å². The first kappa shape index (κ1) is 11.5. The third-order valence-electron chi connectivity index (χ3n) is 4.11. The molecule has 2 aromatic carbocycles. The molecule has 1 aliphatic carbocycles. The molecule has 0 N–H and O–H groups in total. The zero-order valence-electron chi connectivity index (χ0n) is 11.6. The minimum Gasteiger partial charge on any atom is -0.313 e. The van der Waals surface area contributed by atoms with Gasteiger partial charge in [0.2, 0.25) is 0 Å². The lowest BCUT2D eigenvalue weighted by Gasteiger charge is -2.13. The lowest BCUT2D eigenvalue weighted by Crippen LogP contribution is -1.98. The molecule has 0 unspecified atom stereocenters. The molecule has 1 heterocycles. The number of hydrogen-bond donors (Lipinski definition) is 0. The van der Waals surface area contributed by atoms with E-state index in [9.17, 15) is 0 Å². The number of fused-ring (bicyclic) bond motifs is 3. The molecule has 0 amide bonds.